The summed E-state index contributed by atoms with van der Waals surface area (Å²) in [6, 6.07) is 3.68. The first kappa shape index (κ1) is 21.7. The Bertz CT molecular complexity index is 966. The zero-order valence-electron chi connectivity index (χ0n) is 19.8. The zero-order valence-corrected chi connectivity index (χ0v) is 19.8. The minimum Gasteiger partial charge on any atom is -0.504 e. The van der Waals surface area contributed by atoms with Gasteiger partial charge in [-0.3, -0.25) is 15.0 Å². The van der Waals surface area contributed by atoms with Crippen molar-refractivity contribution in [1.82, 2.24) is 10.2 Å². The van der Waals surface area contributed by atoms with Crippen LogP contribution in [0, 0.1) is 17.8 Å². The summed E-state index contributed by atoms with van der Waals surface area (Å²) in [7, 11) is 1.82. The molecule has 3 fully saturated rings. The van der Waals surface area contributed by atoms with E-state index >= 15 is 0 Å². The number of carboxylic acids is 1. The number of likely N-dealkylation sites (tertiary alicyclic amines) is 1. The summed E-state index contributed by atoms with van der Waals surface area (Å²) < 4.78 is 12.2. The number of rotatable bonds is 7. The van der Waals surface area contributed by atoms with Gasteiger partial charge in [0.15, 0.2) is 11.5 Å². The maximum atomic E-state index is 12.0. The van der Waals surface area contributed by atoms with Crippen LogP contribution in [0.2, 0.25) is 0 Å². The predicted molar refractivity (Wildman–Crippen MR) is 123 cm³/mol. The van der Waals surface area contributed by atoms with Crippen LogP contribution in [-0.4, -0.2) is 71.6 Å². The Morgan fingerprint density at radius 2 is 2.18 bits per heavy atom. The number of piperidine rings is 1. The van der Waals surface area contributed by atoms with Crippen LogP contribution < -0.4 is 10.1 Å². The van der Waals surface area contributed by atoms with E-state index in [-0.39, 0.29) is 29.2 Å². The molecule has 2 heterocycles. The van der Waals surface area contributed by atoms with E-state index in [0.717, 1.165) is 45.2 Å². The number of hydrogen-bond acceptors (Lipinski definition) is 6. The Labute approximate surface area is 195 Å². The lowest BCUT2D eigenvalue weighted by Gasteiger charge is -2.60. The van der Waals surface area contributed by atoms with Gasteiger partial charge in [0, 0.05) is 42.6 Å². The number of methoxy groups -OCH3 is 1. The standard InChI is InChI=1S/C26H36N2O5/c1-13(2)22(25(30)31)27-17-6-5-16-18-10-14-4-7-19(29)23-21(14)26(16,24(17)33-23)8-9-28(18)12-15-11-20(15)32-3/h4,7,13,15-18,20,22,24,27,29H,5-6,8-12H2,1-3H3,(H,30,31)/t15?,16-,17-,18+,20?,22-,24-,26-/m0/s1. The van der Waals surface area contributed by atoms with Crippen LogP contribution in [0.3, 0.4) is 0 Å². The third kappa shape index (κ3) is 3.08. The van der Waals surface area contributed by atoms with Crippen LogP contribution in [0.1, 0.15) is 50.7 Å². The molecule has 1 spiro atoms. The van der Waals surface area contributed by atoms with E-state index in [9.17, 15) is 15.0 Å². The molecule has 1 aromatic rings. The molecule has 2 aliphatic heterocycles. The largest absolute Gasteiger partial charge is 0.504 e. The van der Waals surface area contributed by atoms with Crippen LogP contribution in [0.4, 0.5) is 0 Å². The maximum absolute atomic E-state index is 12.0. The third-order valence-electron chi connectivity index (χ3n) is 9.39. The SMILES string of the molecule is COC1CC1CN1CC[C@]23c4c5ccc(O)c4O[C@H]2[C@@H](N[C@H](C(=O)O)C(C)C)CC[C@H]3[C@H]1C5. The molecule has 1 saturated heterocycles. The second-order valence-electron chi connectivity index (χ2n) is 11.3. The van der Waals surface area contributed by atoms with Gasteiger partial charge in [0.2, 0.25) is 0 Å². The van der Waals surface area contributed by atoms with E-state index in [1.807, 2.05) is 21.0 Å². The predicted octanol–water partition coefficient (Wildman–Crippen LogP) is 2.53. The Hall–Kier alpha value is -1.83. The molecule has 1 aromatic carbocycles. The average molecular weight is 457 g/mol. The van der Waals surface area contributed by atoms with E-state index in [0.29, 0.717) is 29.7 Å². The van der Waals surface area contributed by atoms with Crippen molar-refractivity contribution in [3.63, 3.8) is 0 Å². The number of hydrogen-bond donors (Lipinski definition) is 3. The van der Waals surface area contributed by atoms with Crippen LogP contribution in [0.5, 0.6) is 11.5 Å². The van der Waals surface area contributed by atoms with E-state index in [1.54, 1.807) is 6.07 Å². The Morgan fingerprint density at radius 3 is 2.88 bits per heavy atom. The van der Waals surface area contributed by atoms with Crippen LogP contribution in [0.25, 0.3) is 0 Å². The number of aliphatic carboxylic acids is 1. The maximum Gasteiger partial charge on any atom is 0.320 e. The topological polar surface area (TPSA) is 91.3 Å². The molecule has 0 aromatic heterocycles. The smallest absolute Gasteiger partial charge is 0.320 e. The number of benzene rings is 1. The number of ether oxygens (including phenoxy) is 2. The monoisotopic (exact) mass is 456 g/mol. The number of carbonyl (C=O) groups is 1. The highest BCUT2D eigenvalue weighted by Gasteiger charge is 2.66. The summed E-state index contributed by atoms with van der Waals surface area (Å²) in [5.41, 5.74) is 2.37. The number of phenols is 1. The average Bonchev–Trinajstić information content (AvgIpc) is 3.44. The van der Waals surface area contributed by atoms with Crippen LogP contribution in [0.15, 0.2) is 12.1 Å². The summed E-state index contributed by atoms with van der Waals surface area (Å²) in [5, 5.41) is 24.0. The normalized spacial score (nSPS) is 39.2. The molecule has 0 radical (unpaired) electrons. The molecule has 7 nitrogen and oxygen atoms in total. The van der Waals surface area contributed by atoms with Crippen molar-refractivity contribution in [2.24, 2.45) is 17.8 Å². The molecule has 0 amide bonds. The number of nitrogens with zero attached hydrogens (tertiary/aromatic N) is 1. The lowest BCUT2D eigenvalue weighted by molar-refractivity contribution is -0.141. The van der Waals surface area contributed by atoms with E-state index in [1.165, 1.54) is 11.1 Å². The van der Waals surface area contributed by atoms with E-state index < -0.39 is 12.0 Å². The van der Waals surface area contributed by atoms with Crippen molar-refractivity contribution in [1.29, 1.82) is 0 Å². The van der Waals surface area contributed by atoms with Gasteiger partial charge in [0.05, 0.1) is 6.10 Å². The van der Waals surface area contributed by atoms with Gasteiger partial charge < -0.3 is 19.7 Å². The molecule has 6 rings (SSSR count). The molecule has 2 saturated carbocycles. The van der Waals surface area contributed by atoms with Gasteiger partial charge in [0.25, 0.3) is 0 Å². The van der Waals surface area contributed by atoms with Gasteiger partial charge >= 0.3 is 5.97 Å². The van der Waals surface area contributed by atoms with Gasteiger partial charge in [-0.25, -0.2) is 0 Å². The van der Waals surface area contributed by atoms with Crippen molar-refractivity contribution in [2.45, 2.75) is 81.7 Å². The number of carboxylic acid groups (broad SMARTS) is 1. The molecule has 2 unspecified atom stereocenters. The molecule has 180 valence electrons. The highest BCUT2D eigenvalue weighted by Crippen LogP contribution is 2.64. The number of aromatic hydroxyl groups is 1. The molecule has 2 bridgehead atoms. The minimum atomic E-state index is -0.808. The zero-order chi connectivity index (χ0) is 23.1. The first-order chi connectivity index (χ1) is 15.8. The summed E-state index contributed by atoms with van der Waals surface area (Å²) in [6.07, 6.45) is 5.36. The van der Waals surface area contributed by atoms with Crippen LogP contribution in [-0.2, 0) is 21.4 Å². The lowest BCUT2D eigenvalue weighted by Crippen LogP contribution is -2.69. The van der Waals surface area contributed by atoms with Crippen molar-refractivity contribution in [3.8, 4) is 11.5 Å². The number of phenolic OH excluding ortho intramolecular Hbond substituents is 1. The molecule has 33 heavy (non-hydrogen) atoms. The minimum absolute atomic E-state index is 0.0151. The van der Waals surface area contributed by atoms with Gasteiger partial charge in [-0.1, -0.05) is 19.9 Å². The molecule has 3 aliphatic carbocycles. The summed E-state index contributed by atoms with van der Waals surface area (Å²) >= 11 is 0. The molecular weight excluding hydrogens is 420 g/mol. The highest BCUT2D eigenvalue weighted by molar-refractivity contribution is 5.74. The summed E-state index contributed by atoms with van der Waals surface area (Å²) in [5.74, 6) is 1.15. The lowest BCUT2D eigenvalue weighted by atomic mass is 9.51. The molecule has 5 aliphatic rings. The Balaban J connectivity index is 1.36. The molecule has 3 N–H and O–H groups in total. The second-order valence-corrected chi connectivity index (χ2v) is 11.3. The molecule has 7 heteroatoms. The molecule has 8 atom stereocenters. The van der Waals surface area contributed by atoms with Crippen molar-refractivity contribution < 1.29 is 24.5 Å². The summed E-state index contributed by atoms with van der Waals surface area (Å²) in [6.45, 7) is 6.01. The van der Waals surface area contributed by atoms with E-state index in [4.69, 9.17) is 9.47 Å². The fourth-order valence-corrected chi connectivity index (χ4v) is 7.80. The fraction of sp³-hybridized carbons (Fsp3) is 0.731. The Morgan fingerprint density at radius 1 is 1.36 bits per heavy atom. The van der Waals surface area contributed by atoms with Crippen molar-refractivity contribution >= 4 is 5.97 Å². The van der Waals surface area contributed by atoms with Gasteiger partial charge in [0.1, 0.15) is 12.1 Å². The first-order valence-electron chi connectivity index (χ1n) is 12.6. The summed E-state index contributed by atoms with van der Waals surface area (Å²) in [4.78, 5) is 14.7. The van der Waals surface area contributed by atoms with Crippen LogP contribution >= 0.6 is 0 Å². The van der Waals surface area contributed by atoms with Crippen molar-refractivity contribution in [2.75, 3.05) is 20.2 Å². The van der Waals surface area contributed by atoms with E-state index in [2.05, 4.69) is 16.3 Å². The van der Waals surface area contributed by atoms with Gasteiger partial charge in [-0.2, -0.15) is 0 Å². The quantitative estimate of drug-likeness (QED) is 0.581. The van der Waals surface area contributed by atoms with Gasteiger partial charge in [-0.15, -0.1) is 0 Å². The number of nitrogens with one attached hydrogen (secondary N) is 1. The third-order valence-corrected chi connectivity index (χ3v) is 9.39. The van der Waals surface area contributed by atoms with Crippen molar-refractivity contribution in [3.05, 3.63) is 23.3 Å². The van der Waals surface area contributed by atoms with Gasteiger partial charge in [-0.05, 0) is 62.1 Å². The second kappa shape index (κ2) is 7.59. The molecular formula is C26H36N2O5. The Kier molecular flexibility index (Phi) is 4.99. The first-order valence-corrected chi connectivity index (χ1v) is 12.6. The highest BCUT2D eigenvalue weighted by atomic mass is 16.5. The fourth-order valence-electron chi connectivity index (χ4n) is 7.80.